The second-order valence-corrected chi connectivity index (χ2v) is 4.53. The Kier molecular flexibility index (Phi) is 12.7. The standard InChI is InChI=1S/C15H28O2/c1-3-4-5-6-7-8-9-10-11-12-13-14-17-15(2)16/h3-4H,5-14H2,1-2H3. The van der Waals surface area contributed by atoms with Crippen molar-refractivity contribution in [2.45, 2.75) is 71.6 Å². The van der Waals surface area contributed by atoms with E-state index in [1.807, 2.05) is 0 Å². The van der Waals surface area contributed by atoms with Crippen molar-refractivity contribution >= 4 is 5.97 Å². The minimum Gasteiger partial charge on any atom is -0.466 e. The van der Waals surface area contributed by atoms with Gasteiger partial charge in [-0.15, -0.1) is 0 Å². The molecule has 0 aliphatic heterocycles. The highest BCUT2D eigenvalue weighted by Crippen LogP contribution is 2.09. The van der Waals surface area contributed by atoms with Crippen LogP contribution in [0.25, 0.3) is 0 Å². The van der Waals surface area contributed by atoms with E-state index >= 15 is 0 Å². The molecule has 0 aliphatic rings. The summed E-state index contributed by atoms with van der Waals surface area (Å²) in [5.41, 5.74) is 0. The molecule has 0 fully saturated rings. The molecule has 0 rings (SSSR count). The fourth-order valence-corrected chi connectivity index (χ4v) is 1.81. The minimum atomic E-state index is -0.161. The van der Waals surface area contributed by atoms with Gasteiger partial charge in [-0.2, -0.15) is 0 Å². The quantitative estimate of drug-likeness (QED) is 0.299. The van der Waals surface area contributed by atoms with E-state index in [2.05, 4.69) is 19.1 Å². The summed E-state index contributed by atoms with van der Waals surface area (Å²) in [5.74, 6) is -0.161. The van der Waals surface area contributed by atoms with Crippen molar-refractivity contribution in [3.05, 3.63) is 12.2 Å². The number of hydrogen-bond donors (Lipinski definition) is 0. The number of esters is 1. The van der Waals surface area contributed by atoms with Gasteiger partial charge in [-0.25, -0.2) is 0 Å². The molecule has 0 saturated carbocycles. The second-order valence-electron chi connectivity index (χ2n) is 4.53. The Morgan fingerprint density at radius 2 is 1.47 bits per heavy atom. The van der Waals surface area contributed by atoms with Crippen LogP contribution in [-0.4, -0.2) is 12.6 Å². The van der Waals surface area contributed by atoms with E-state index in [-0.39, 0.29) is 5.97 Å². The Morgan fingerprint density at radius 3 is 2.00 bits per heavy atom. The van der Waals surface area contributed by atoms with E-state index in [0.29, 0.717) is 6.61 Å². The number of unbranched alkanes of at least 4 members (excludes halogenated alkanes) is 8. The fourth-order valence-electron chi connectivity index (χ4n) is 1.81. The third-order valence-corrected chi connectivity index (χ3v) is 2.81. The van der Waals surface area contributed by atoms with E-state index in [1.54, 1.807) is 0 Å². The monoisotopic (exact) mass is 240 g/mol. The van der Waals surface area contributed by atoms with Crippen LogP contribution in [0.3, 0.4) is 0 Å². The predicted octanol–water partition coefficient (Wildman–Crippen LogP) is 4.64. The van der Waals surface area contributed by atoms with Gasteiger partial charge in [0, 0.05) is 6.92 Å². The van der Waals surface area contributed by atoms with Gasteiger partial charge < -0.3 is 4.74 Å². The second kappa shape index (κ2) is 13.3. The summed E-state index contributed by atoms with van der Waals surface area (Å²) in [6.45, 7) is 4.14. The summed E-state index contributed by atoms with van der Waals surface area (Å²) in [6, 6.07) is 0. The first kappa shape index (κ1) is 16.2. The van der Waals surface area contributed by atoms with Gasteiger partial charge in [-0.3, -0.25) is 4.79 Å². The Bertz CT molecular complexity index is 197. The molecule has 0 radical (unpaired) electrons. The summed E-state index contributed by atoms with van der Waals surface area (Å²) >= 11 is 0. The van der Waals surface area contributed by atoms with E-state index in [9.17, 15) is 4.79 Å². The van der Waals surface area contributed by atoms with Crippen LogP contribution >= 0.6 is 0 Å². The summed E-state index contributed by atoms with van der Waals surface area (Å²) in [7, 11) is 0. The lowest BCUT2D eigenvalue weighted by atomic mass is 10.1. The topological polar surface area (TPSA) is 26.3 Å². The third kappa shape index (κ3) is 15.2. The maximum atomic E-state index is 10.5. The van der Waals surface area contributed by atoms with Gasteiger partial charge >= 0.3 is 5.97 Å². The highest BCUT2D eigenvalue weighted by atomic mass is 16.5. The van der Waals surface area contributed by atoms with Crippen LogP contribution < -0.4 is 0 Å². The summed E-state index contributed by atoms with van der Waals surface area (Å²) in [4.78, 5) is 10.5. The van der Waals surface area contributed by atoms with Gasteiger partial charge in [-0.1, -0.05) is 50.7 Å². The first-order chi connectivity index (χ1) is 8.27. The highest BCUT2D eigenvalue weighted by molar-refractivity contribution is 5.65. The maximum Gasteiger partial charge on any atom is 0.302 e. The van der Waals surface area contributed by atoms with Crippen LogP contribution in [0.4, 0.5) is 0 Å². The minimum absolute atomic E-state index is 0.161. The first-order valence-corrected chi connectivity index (χ1v) is 7.02. The molecule has 100 valence electrons. The van der Waals surface area contributed by atoms with E-state index in [1.165, 1.54) is 58.3 Å². The van der Waals surface area contributed by atoms with Gasteiger partial charge in [-0.05, 0) is 26.2 Å². The lowest BCUT2D eigenvalue weighted by Crippen LogP contribution is -2.00. The van der Waals surface area contributed by atoms with Crippen LogP contribution in [0.2, 0.25) is 0 Å². The van der Waals surface area contributed by atoms with Crippen molar-refractivity contribution in [2.75, 3.05) is 6.61 Å². The predicted molar refractivity (Wildman–Crippen MR) is 73.0 cm³/mol. The van der Waals surface area contributed by atoms with Crippen LogP contribution in [0.1, 0.15) is 71.6 Å². The smallest absolute Gasteiger partial charge is 0.302 e. The number of hydrogen-bond acceptors (Lipinski definition) is 2. The van der Waals surface area contributed by atoms with Crippen LogP contribution in [0.5, 0.6) is 0 Å². The maximum absolute atomic E-state index is 10.5. The molecule has 0 aliphatic carbocycles. The number of carbonyl (C=O) groups excluding carboxylic acids is 1. The molecule has 0 aromatic carbocycles. The highest BCUT2D eigenvalue weighted by Gasteiger charge is 1.94. The summed E-state index contributed by atoms with van der Waals surface area (Å²) in [6.07, 6.45) is 15.8. The SMILES string of the molecule is CC=CCCCCCCCCCCOC(C)=O. The zero-order valence-corrected chi connectivity index (χ0v) is 11.5. The molecule has 0 atom stereocenters. The van der Waals surface area contributed by atoms with Gasteiger partial charge in [0.15, 0.2) is 0 Å². The molecule has 0 aromatic heterocycles. The lowest BCUT2D eigenvalue weighted by Gasteiger charge is -2.02. The summed E-state index contributed by atoms with van der Waals surface area (Å²) in [5, 5.41) is 0. The number of rotatable bonds is 11. The van der Waals surface area contributed by atoms with Gasteiger partial charge in [0.2, 0.25) is 0 Å². The Balaban J connectivity index is 2.96. The molecule has 17 heavy (non-hydrogen) atoms. The molecule has 0 bridgehead atoms. The Labute approximate surface area is 106 Å². The van der Waals surface area contributed by atoms with E-state index < -0.39 is 0 Å². The average Bonchev–Trinajstić information content (AvgIpc) is 2.30. The molecule has 2 heteroatoms. The molecule has 0 amide bonds. The van der Waals surface area contributed by atoms with Crippen molar-refractivity contribution < 1.29 is 9.53 Å². The largest absolute Gasteiger partial charge is 0.466 e. The number of ether oxygens (including phenoxy) is 1. The van der Waals surface area contributed by atoms with Gasteiger partial charge in [0.1, 0.15) is 0 Å². The first-order valence-electron chi connectivity index (χ1n) is 7.02. The molecule has 2 nitrogen and oxygen atoms in total. The molecule has 0 heterocycles. The lowest BCUT2D eigenvalue weighted by molar-refractivity contribution is -0.141. The summed E-state index contributed by atoms with van der Waals surface area (Å²) < 4.78 is 4.88. The molecular weight excluding hydrogens is 212 g/mol. The molecule has 0 aromatic rings. The van der Waals surface area contributed by atoms with E-state index in [4.69, 9.17) is 4.74 Å². The Morgan fingerprint density at radius 1 is 0.941 bits per heavy atom. The molecule has 0 N–H and O–H groups in total. The van der Waals surface area contributed by atoms with E-state index in [0.717, 1.165) is 6.42 Å². The molecular formula is C15H28O2. The zero-order valence-electron chi connectivity index (χ0n) is 11.5. The van der Waals surface area contributed by atoms with Crippen molar-refractivity contribution in [2.24, 2.45) is 0 Å². The van der Waals surface area contributed by atoms with Gasteiger partial charge in [0.25, 0.3) is 0 Å². The average molecular weight is 240 g/mol. The third-order valence-electron chi connectivity index (χ3n) is 2.81. The van der Waals surface area contributed by atoms with Crippen LogP contribution in [0, 0.1) is 0 Å². The van der Waals surface area contributed by atoms with Crippen molar-refractivity contribution in [1.82, 2.24) is 0 Å². The van der Waals surface area contributed by atoms with Gasteiger partial charge in [0.05, 0.1) is 6.61 Å². The number of allylic oxidation sites excluding steroid dienone is 2. The number of carbonyl (C=O) groups is 1. The van der Waals surface area contributed by atoms with Crippen molar-refractivity contribution in [3.8, 4) is 0 Å². The van der Waals surface area contributed by atoms with Crippen molar-refractivity contribution in [1.29, 1.82) is 0 Å². The van der Waals surface area contributed by atoms with Crippen LogP contribution in [-0.2, 0) is 9.53 Å². The van der Waals surface area contributed by atoms with Crippen LogP contribution in [0.15, 0.2) is 12.2 Å². The molecule has 0 saturated heterocycles. The normalized spacial score (nSPS) is 10.9. The van der Waals surface area contributed by atoms with Crippen molar-refractivity contribution in [3.63, 3.8) is 0 Å². The Hall–Kier alpha value is -0.790. The molecule has 0 spiro atoms. The zero-order chi connectivity index (χ0) is 12.8. The molecule has 0 unspecified atom stereocenters. The fraction of sp³-hybridized carbons (Fsp3) is 0.800.